The van der Waals surface area contributed by atoms with Crippen molar-refractivity contribution in [3.8, 4) is 11.5 Å². The van der Waals surface area contributed by atoms with Gasteiger partial charge in [0.15, 0.2) is 0 Å². The minimum Gasteiger partial charge on any atom is -0.508 e. The van der Waals surface area contributed by atoms with Gasteiger partial charge in [-0.25, -0.2) is 0 Å². The molecule has 12 nitrogen and oxygen atoms in total. The summed E-state index contributed by atoms with van der Waals surface area (Å²) in [5.74, 6) is -7.57. The number of aromatic hydroxyl groups is 1. The van der Waals surface area contributed by atoms with E-state index in [0.29, 0.717) is 11.3 Å². The van der Waals surface area contributed by atoms with Gasteiger partial charge in [-0.2, -0.15) is 0 Å². The van der Waals surface area contributed by atoms with Crippen molar-refractivity contribution in [2.45, 2.75) is 44.4 Å². The second-order valence-corrected chi connectivity index (χ2v) is 11.1. The predicted octanol–water partition coefficient (Wildman–Crippen LogP) is 1.77. The molecule has 2 aliphatic heterocycles. The maximum atomic E-state index is 13.8. The number of amides is 4. The molecule has 0 spiro atoms. The Balaban J connectivity index is 1.53. The van der Waals surface area contributed by atoms with Gasteiger partial charge in [0.2, 0.25) is 23.6 Å². The van der Waals surface area contributed by atoms with Crippen molar-refractivity contribution in [3.05, 3.63) is 35.4 Å². The van der Waals surface area contributed by atoms with Crippen molar-refractivity contribution in [1.29, 1.82) is 0 Å². The highest BCUT2D eigenvalue weighted by atomic mass is 16.5. The number of hydrogen-bond donors (Lipinski definition) is 3. The number of imide groups is 2. The van der Waals surface area contributed by atoms with Crippen LogP contribution in [0, 0.1) is 29.6 Å². The molecule has 1 saturated carbocycles. The number of carbonyl (C=O) groups is 6. The lowest BCUT2D eigenvalue weighted by Gasteiger charge is -2.44. The van der Waals surface area contributed by atoms with Gasteiger partial charge < -0.3 is 20.1 Å². The molecule has 5 rings (SSSR count). The maximum Gasteiger partial charge on any atom is 0.303 e. The zero-order chi connectivity index (χ0) is 29.6. The Morgan fingerprint density at radius 2 is 1.44 bits per heavy atom. The van der Waals surface area contributed by atoms with Crippen molar-refractivity contribution < 1.29 is 48.8 Å². The molecule has 2 aliphatic carbocycles. The summed E-state index contributed by atoms with van der Waals surface area (Å²) in [5.41, 5.74) is 1.33. The number of benzene rings is 1. The van der Waals surface area contributed by atoms with Gasteiger partial charge in [0.25, 0.3) is 0 Å². The highest BCUT2D eigenvalue weighted by Gasteiger charge is 2.62. The Hall–Kier alpha value is -4.22. The summed E-state index contributed by atoms with van der Waals surface area (Å²) in [6.45, 7) is -0.0456. The van der Waals surface area contributed by atoms with Crippen molar-refractivity contribution in [2.24, 2.45) is 29.6 Å². The Bertz CT molecular complexity index is 1350. The van der Waals surface area contributed by atoms with Crippen LogP contribution in [0.15, 0.2) is 29.8 Å². The van der Waals surface area contributed by atoms with E-state index in [2.05, 4.69) is 0 Å². The van der Waals surface area contributed by atoms with Gasteiger partial charge in [0, 0.05) is 43.5 Å². The number of carbonyl (C=O) groups excluding carboxylic acids is 4. The molecule has 3 N–H and O–H groups in total. The summed E-state index contributed by atoms with van der Waals surface area (Å²) in [6.07, 6.45) is 2.18. The number of likely N-dealkylation sites (tertiary alicyclic amines) is 2. The Morgan fingerprint density at radius 1 is 0.854 bits per heavy atom. The Kier molecular flexibility index (Phi) is 7.58. The molecule has 6 atom stereocenters. The van der Waals surface area contributed by atoms with E-state index in [0.717, 1.165) is 15.4 Å². The fraction of sp³-hybridized carbons (Fsp3) is 0.517. The number of fused-ring (bicyclic) bond motifs is 4. The summed E-state index contributed by atoms with van der Waals surface area (Å²) in [5, 5.41) is 28.1. The lowest BCUT2D eigenvalue weighted by Crippen LogP contribution is -2.43. The van der Waals surface area contributed by atoms with Crippen LogP contribution < -0.4 is 4.74 Å². The molecule has 218 valence electrons. The molecule has 0 radical (unpaired) electrons. The maximum absolute atomic E-state index is 13.8. The smallest absolute Gasteiger partial charge is 0.303 e. The highest BCUT2D eigenvalue weighted by molar-refractivity contribution is 6.08. The molecular formula is C29H32N2O10. The van der Waals surface area contributed by atoms with Gasteiger partial charge in [0.1, 0.15) is 11.5 Å². The number of ether oxygens (including phenoxy) is 1. The van der Waals surface area contributed by atoms with Crippen LogP contribution in [-0.2, 0) is 28.8 Å². The first-order valence-corrected chi connectivity index (χ1v) is 13.8. The van der Waals surface area contributed by atoms with Gasteiger partial charge in [-0.05, 0) is 37.7 Å². The third-order valence-corrected chi connectivity index (χ3v) is 8.93. The van der Waals surface area contributed by atoms with Gasteiger partial charge in [-0.3, -0.25) is 38.6 Å². The van der Waals surface area contributed by atoms with Gasteiger partial charge in [0.05, 0.1) is 30.8 Å². The second-order valence-electron chi connectivity index (χ2n) is 11.1. The zero-order valence-corrected chi connectivity index (χ0v) is 22.5. The van der Waals surface area contributed by atoms with Crippen LogP contribution in [0.5, 0.6) is 11.5 Å². The average Bonchev–Trinajstić information content (AvgIpc) is 3.31. The van der Waals surface area contributed by atoms with E-state index in [4.69, 9.17) is 14.9 Å². The molecule has 4 aliphatic rings. The van der Waals surface area contributed by atoms with Crippen LogP contribution in [-0.4, -0.2) is 80.9 Å². The third-order valence-electron chi connectivity index (χ3n) is 8.93. The van der Waals surface area contributed by atoms with Gasteiger partial charge in [-0.1, -0.05) is 17.7 Å². The SMILES string of the molecule is COc1cc(O)ccc1C1C2=CCC3C(=O)N(CCCC(=O)O)C(=O)C3C2CC2C(=O)N(CCCC(=O)O)C(=O)C21. The standard InChI is InChI=1S/C29H32N2O10/c1-41-20-12-14(32)6-7-16(20)23-15-8-9-17-24(28(39)30(26(17)37)10-2-4-21(33)34)18(15)13-19-25(23)29(40)31(27(19)38)11-3-5-22(35)36/h6-8,12,17-19,23-25,32H,2-5,9-11,13H2,1H3,(H,33,34)(H,35,36). The normalized spacial score (nSPS) is 28.8. The van der Waals surface area contributed by atoms with Crippen LogP contribution in [0.25, 0.3) is 0 Å². The van der Waals surface area contributed by atoms with Crippen LogP contribution in [0.1, 0.15) is 50.0 Å². The van der Waals surface area contributed by atoms with E-state index in [1.54, 1.807) is 6.07 Å². The van der Waals surface area contributed by atoms with Crippen LogP contribution in [0.4, 0.5) is 0 Å². The van der Waals surface area contributed by atoms with Crippen molar-refractivity contribution in [3.63, 3.8) is 0 Å². The van der Waals surface area contributed by atoms with E-state index in [1.165, 1.54) is 19.2 Å². The molecule has 41 heavy (non-hydrogen) atoms. The van der Waals surface area contributed by atoms with Crippen LogP contribution in [0.2, 0.25) is 0 Å². The minimum atomic E-state index is -1.03. The molecule has 2 saturated heterocycles. The first kappa shape index (κ1) is 28.3. The molecule has 3 fully saturated rings. The predicted molar refractivity (Wildman–Crippen MR) is 139 cm³/mol. The monoisotopic (exact) mass is 568 g/mol. The molecule has 0 bridgehead atoms. The number of allylic oxidation sites excluding steroid dienone is 2. The Morgan fingerprint density at radius 3 is 2.02 bits per heavy atom. The van der Waals surface area contributed by atoms with Crippen LogP contribution >= 0.6 is 0 Å². The highest BCUT2D eigenvalue weighted by Crippen LogP contribution is 2.59. The summed E-state index contributed by atoms with van der Waals surface area (Å²) in [7, 11) is 1.43. The number of nitrogens with zero attached hydrogens (tertiary/aromatic N) is 2. The lowest BCUT2D eigenvalue weighted by molar-refractivity contribution is -0.143. The van der Waals surface area contributed by atoms with E-state index >= 15 is 0 Å². The molecule has 0 aromatic heterocycles. The first-order chi connectivity index (χ1) is 19.5. The Labute approximate surface area is 235 Å². The van der Waals surface area contributed by atoms with Crippen LogP contribution in [0.3, 0.4) is 0 Å². The van der Waals surface area contributed by atoms with E-state index in [9.17, 15) is 33.9 Å². The number of hydrogen-bond acceptors (Lipinski definition) is 8. The number of aliphatic carboxylic acids is 2. The van der Waals surface area contributed by atoms with E-state index in [1.807, 2.05) is 6.08 Å². The summed E-state index contributed by atoms with van der Waals surface area (Å²) < 4.78 is 5.55. The van der Waals surface area contributed by atoms with E-state index in [-0.39, 0.29) is 63.3 Å². The number of rotatable bonds is 10. The number of methoxy groups -OCH3 is 1. The molecule has 2 heterocycles. The molecule has 6 unspecified atom stereocenters. The second kappa shape index (κ2) is 11.0. The van der Waals surface area contributed by atoms with Gasteiger partial charge in [-0.15, -0.1) is 0 Å². The van der Waals surface area contributed by atoms with Crippen molar-refractivity contribution in [2.75, 3.05) is 20.2 Å². The van der Waals surface area contributed by atoms with Gasteiger partial charge >= 0.3 is 11.9 Å². The number of phenols is 1. The summed E-state index contributed by atoms with van der Waals surface area (Å²) in [4.78, 5) is 78.6. The molecule has 1 aromatic carbocycles. The number of carboxylic acid groups (broad SMARTS) is 2. The molecule has 4 amide bonds. The molecule has 1 aromatic rings. The fourth-order valence-electron chi connectivity index (χ4n) is 7.24. The topological polar surface area (TPSA) is 179 Å². The largest absolute Gasteiger partial charge is 0.508 e. The number of carboxylic acids is 2. The number of phenolic OH excluding ortho intramolecular Hbond substituents is 1. The van der Waals surface area contributed by atoms with E-state index < -0.39 is 65.2 Å². The minimum absolute atomic E-state index is 0.00490. The average molecular weight is 569 g/mol. The summed E-state index contributed by atoms with van der Waals surface area (Å²) in [6, 6.07) is 4.51. The fourth-order valence-corrected chi connectivity index (χ4v) is 7.24. The lowest BCUT2D eigenvalue weighted by atomic mass is 9.57. The quantitative estimate of drug-likeness (QED) is 0.278. The van der Waals surface area contributed by atoms with Crippen molar-refractivity contribution >= 4 is 35.6 Å². The molecule has 12 heteroatoms. The summed E-state index contributed by atoms with van der Waals surface area (Å²) >= 11 is 0. The zero-order valence-electron chi connectivity index (χ0n) is 22.5. The van der Waals surface area contributed by atoms with Crippen molar-refractivity contribution in [1.82, 2.24) is 9.80 Å². The molecular weight excluding hydrogens is 536 g/mol. The third kappa shape index (κ3) is 4.85. The first-order valence-electron chi connectivity index (χ1n) is 13.8.